The lowest BCUT2D eigenvalue weighted by molar-refractivity contribution is 0.0729. The zero-order valence-electron chi connectivity index (χ0n) is 13.6. The SMILES string of the molecule is Cc1cnc2nc3c(cc2c1)CN(C(=O)c1ccc(F)cc1F)CC3. The van der Waals surface area contributed by atoms with E-state index in [0.717, 1.165) is 34.3 Å². The third kappa shape index (κ3) is 2.84. The Morgan fingerprint density at radius 1 is 1.20 bits per heavy atom. The molecule has 4 rings (SSSR count). The monoisotopic (exact) mass is 339 g/mol. The Bertz CT molecular complexity index is 1000. The summed E-state index contributed by atoms with van der Waals surface area (Å²) in [5, 5.41) is 0.918. The Morgan fingerprint density at radius 2 is 2.04 bits per heavy atom. The van der Waals surface area contributed by atoms with Gasteiger partial charge in [-0.05, 0) is 42.3 Å². The number of fused-ring (bicyclic) bond motifs is 2. The molecule has 0 N–H and O–H groups in total. The number of hydrogen-bond acceptors (Lipinski definition) is 3. The van der Waals surface area contributed by atoms with Crippen molar-refractivity contribution in [3.8, 4) is 0 Å². The van der Waals surface area contributed by atoms with Crippen molar-refractivity contribution in [2.75, 3.05) is 6.54 Å². The molecule has 25 heavy (non-hydrogen) atoms. The first kappa shape index (κ1) is 15.6. The quantitative estimate of drug-likeness (QED) is 0.682. The maximum absolute atomic E-state index is 13.9. The predicted molar refractivity (Wildman–Crippen MR) is 89.1 cm³/mol. The second-order valence-corrected chi connectivity index (χ2v) is 6.25. The van der Waals surface area contributed by atoms with Crippen molar-refractivity contribution in [3.63, 3.8) is 0 Å². The summed E-state index contributed by atoms with van der Waals surface area (Å²) in [6.07, 6.45) is 2.35. The van der Waals surface area contributed by atoms with Gasteiger partial charge in [-0.25, -0.2) is 18.7 Å². The van der Waals surface area contributed by atoms with Crippen LogP contribution in [-0.4, -0.2) is 27.3 Å². The van der Waals surface area contributed by atoms with Crippen LogP contribution in [-0.2, 0) is 13.0 Å². The lowest BCUT2D eigenvalue weighted by Crippen LogP contribution is -2.36. The van der Waals surface area contributed by atoms with Crippen LogP contribution in [0.5, 0.6) is 0 Å². The van der Waals surface area contributed by atoms with Gasteiger partial charge in [0.2, 0.25) is 0 Å². The number of hydrogen-bond donors (Lipinski definition) is 0. The molecule has 2 aromatic heterocycles. The summed E-state index contributed by atoms with van der Waals surface area (Å²) in [5.41, 5.74) is 3.45. The summed E-state index contributed by atoms with van der Waals surface area (Å²) in [5.74, 6) is -1.98. The van der Waals surface area contributed by atoms with Crippen molar-refractivity contribution < 1.29 is 13.6 Å². The Labute approximate surface area is 143 Å². The normalized spacial score (nSPS) is 13.8. The van der Waals surface area contributed by atoms with Crippen LogP contribution in [0.15, 0.2) is 36.5 Å². The summed E-state index contributed by atoms with van der Waals surface area (Å²) >= 11 is 0. The van der Waals surface area contributed by atoms with Gasteiger partial charge in [0.15, 0.2) is 5.65 Å². The third-order valence-corrected chi connectivity index (χ3v) is 4.40. The second kappa shape index (κ2) is 5.88. The number of benzene rings is 1. The molecular weight excluding hydrogens is 324 g/mol. The second-order valence-electron chi connectivity index (χ2n) is 6.25. The molecule has 1 aliphatic heterocycles. The van der Waals surface area contributed by atoms with Gasteiger partial charge in [-0.15, -0.1) is 0 Å². The molecule has 126 valence electrons. The number of carbonyl (C=O) groups excluding carboxylic acids is 1. The summed E-state index contributed by atoms with van der Waals surface area (Å²) in [4.78, 5) is 23.1. The minimum absolute atomic E-state index is 0.115. The van der Waals surface area contributed by atoms with Crippen LogP contribution < -0.4 is 0 Å². The van der Waals surface area contributed by atoms with Gasteiger partial charge in [-0.3, -0.25) is 4.79 Å². The number of pyridine rings is 2. The standard InChI is InChI=1S/C19H15F2N3O/c1-11-6-12-7-13-10-24(5-4-17(13)23-18(12)22-9-11)19(25)15-3-2-14(20)8-16(15)21/h2-3,6-9H,4-5,10H2,1H3. The maximum Gasteiger partial charge on any atom is 0.257 e. The predicted octanol–water partition coefficient (Wildman–Crippen LogP) is 3.41. The molecule has 3 heterocycles. The number of carbonyl (C=O) groups is 1. The van der Waals surface area contributed by atoms with Crippen LogP contribution >= 0.6 is 0 Å². The van der Waals surface area contributed by atoms with Crippen molar-refractivity contribution in [1.82, 2.24) is 14.9 Å². The lowest BCUT2D eigenvalue weighted by atomic mass is 10.0. The van der Waals surface area contributed by atoms with Crippen molar-refractivity contribution in [3.05, 3.63) is 70.5 Å². The largest absolute Gasteiger partial charge is 0.334 e. The van der Waals surface area contributed by atoms with Crippen LogP contribution in [0.4, 0.5) is 8.78 Å². The van der Waals surface area contributed by atoms with Crippen LogP contribution in [0.1, 0.15) is 27.2 Å². The number of halogens is 2. The van der Waals surface area contributed by atoms with Crippen molar-refractivity contribution in [2.24, 2.45) is 0 Å². The van der Waals surface area contributed by atoms with E-state index in [2.05, 4.69) is 9.97 Å². The van der Waals surface area contributed by atoms with Gasteiger partial charge in [0.25, 0.3) is 5.91 Å². The highest BCUT2D eigenvalue weighted by molar-refractivity contribution is 5.94. The summed E-state index contributed by atoms with van der Waals surface area (Å²) < 4.78 is 26.9. The maximum atomic E-state index is 13.9. The van der Waals surface area contributed by atoms with Gasteiger partial charge in [0.1, 0.15) is 11.6 Å². The first-order chi connectivity index (χ1) is 12.0. The van der Waals surface area contributed by atoms with Gasteiger partial charge in [-0.2, -0.15) is 0 Å². The Balaban J connectivity index is 1.66. The van der Waals surface area contributed by atoms with Gasteiger partial charge < -0.3 is 4.90 Å². The van der Waals surface area contributed by atoms with Gasteiger partial charge in [-0.1, -0.05) is 0 Å². The summed E-state index contributed by atoms with van der Waals surface area (Å²) in [7, 11) is 0. The van der Waals surface area contributed by atoms with E-state index < -0.39 is 17.5 Å². The minimum atomic E-state index is -0.841. The highest BCUT2D eigenvalue weighted by atomic mass is 19.1. The molecule has 0 aliphatic carbocycles. The van der Waals surface area contributed by atoms with Crippen LogP contribution in [0.2, 0.25) is 0 Å². The molecule has 0 atom stereocenters. The summed E-state index contributed by atoms with van der Waals surface area (Å²) in [6.45, 7) is 2.74. The van der Waals surface area contributed by atoms with Gasteiger partial charge in [0.05, 0.1) is 5.56 Å². The number of amides is 1. The van der Waals surface area contributed by atoms with E-state index in [-0.39, 0.29) is 5.56 Å². The van der Waals surface area contributed by atoms with Crippen molar-refractivity contribution in [1.29, 1.82) is 0 Å². The number of aryl methyl sites for hydroxylation is 1. The molecule has 6 heteroatoms. The fraction of sp³-hybridized carbons (Fsp3) is 0.211. The first-order valence-electron chi connectivity index (χ1n) is 8.01. The Hall–Kier alpha value is -2.89. The van der Waals surface area contributed by atoms with E-state index in [9.17, 15) is 13.6 Å². The highest BCUT2D eigenvalue weighted by Crippen LogP contribution is 2.24. The van der Waals surface area contributed by atoms with Crippen LogP contribution in [0.25, 0.3) is 11.0 Å². The van der Waals surface area contributed by atoms with E-state index in [0.29, 0.717) is 25.2 Å². The third-order valence-electron chi connectivity index (χ3n) is 4.40. The molecular formula is C19H15F2N3O. The van der Waals surface area contributed by atoms with Crippen LogP contribution in [0.3, 0.4) is 0 Å². The molecule has 0 saturated carbocycles. The molecule has 0 unspecified atom stereocenters. The molecule has 0 spiro atoms. The molecule has 0 bridgehead atoms. The molecule has 0 saturated heterocycles. The average Bonchev–Trinajstić information content (AvgIpc) is 2.59. The summed E-state index contributed by atoms with van der Waals surface area (Å²) in [6, 6.07) is 6.99. The highest BCUT2D eigenvalue weighted by Gasteiger charge is 2.25. The molecule has 3 aromatic rings. The van der Waals surface area contributed by atoms with E-state index in [1.807, 2.05) is 19.1 Å². The van der Waals surface area contributed by atoms with E-state index in [1.54, 1.807) is 11.1 Å². The van der Waals surface area contributed by atoms with Crippen molar-refractivity contribution >= 4 is 16.9 Å². The van der Waals surface area contributed by atoms with Crippen LogP contribution in [0, 0.1) is 18.6 Å². The number of aromatic nitrogens is 2. The molecule has 1 aliphatic rings. The molecule has 1 amide bonds. The zero-order valence-corrected chi connectivity index (χ0v) is 13.6. The van der Waals surface area contributed by atoms with E-state index in [1.165, 1.54) is 6.07 Å². The zero-order chi connectivity index (χ0) is 17.6. The number of rotatable bonds is 1. The number of nitrogens with zero attached hydrogens (tertiary/aromatic N) is 3. The van der Waals surface area contributed by atoms with E-state index in [4.69, 9.17) is 0 Å². The Morgan fingerprint density at radius 3 is 2.84 bits per heavy atom. The van der Waals surface area contributed by atoms with Gasteiger partial charge >= 0.3 is 0 Å². The fourth-order valence-corrected chi connectivity index (χ4v) is 3.14. The smallest absolute Gasteiger partial charge is 0.257 e. The van der Waals surface area contributed by atoms with Crippen molar-refractivity contribution in [2.45, 2.75) is 19.9 Å². The Kier molecular flexibility index (Phi) is 3.67. The molecule has 0 fully saturated rings. The minimum Gasteiger partial charge on any atom is -0.334 e. The lowest BCUT2D eigenvalue weighted by Gasteiger charge is -2.28. The molecule has 1 aromatic carbocycles. The van der Waals surface area contributed by atoms with E-state index >= 15 is 0 Å². The first-order valence-corrected chi connectivity index (χ1v) is 8.01. The molecule has 4 nitrogen and oxygen atoms in total. The average molecular weight is 339 g/mol. The van der Waals surface area contributed by atoms with Gasteiger partial charge in [0, 0.05) is 42.9 Å². The topological polar surface area (TPSA) is 46.1 Å². The fourth-order valence-electron chi connectivity index (χ4n) is 3.14. The molecule has 0 radical (unpaired) electrons.